The summed E-state index contributed by atoms with van der Waals surface area (Å²) in [6, 6.07) is 7.94. The van der Waals surface area contributed by atoms with E-state index in [0.717, 1.165) is 49.2 Å². The van der Waals surface area contributed by atoms with Crippen LogP contribution in [0.3, 0.4) is 0 Å². The van der Waals surface area contributed by atoms with E-state index in [-0.39, 0.29) is 12.5 Å². The number of aromatic nitrogens is 2. The lowest BCUT2D eigenvalue weighted by Crippen LogP contribution is -2.49. The van der Waals surface area contributed by atoms with Crippen LogP contribution >= 0.6 is 0 Å². The average Bonchev–Trinajstić information content (AvgIpc) is 2.75. The lowest BCUT2D eigenvalue weighted by Gasteiger charge is -2.34. The van der Waals surface area contributed by atoms with Crippen molar-refractivity contribution >= 4 is 5.91 Å². The zero-order valence-electron chi connectivity index (χ0n) is 16.3. The monoisotopic (exact) mass is 380 g/mol. The topological polar surface area (TPSA) is 69.6 Å². The number of rotatable bonds is 5. The molecule has 1 aromatic carbocycles. The van der Waals surface area contributed by atoms with E-state index in [1.807, 2.05) is 29.3 Å². The van der Waals surface area contributed by atoms with E-state index < -0.39 is 0 Å². The van der Waals surface area contributed by atoms with E-state index in [2.05, 4.69) is 21.2 Å². The fourth-order valence-corrected chi connectivity index (χ4v) is 4.28. The molecule has 28 heavy (non-hydrogen) atoms. The number of carbonyl (C=O) groups excluding carboxylic acids is 1. The molecule has 0 radical (unpaired) electrons. The van der Waals surface area contributed by atoms with E-state index in [1.54, 1.807) is 0 Å². The molecule has 4 rings (SSSR count). The van der Waals surface area contributed by atoms with Gasteiger partial charge < -0.3 is 10.0 Å². The van der Waals surface area contributed by atoms with Crippen LogP contribution in [0, 0.1) is 0 Å². The highest BCUT2D eigenvalue weighted by molar-refractivity contribution is 5.94. The maximum absolute atomic E-state index is 12.9. The summed E-state index contributed by atoms with van der Waals surface area (Å²) in [5.74, 6) is 0.0895. The van der Waals surface area contributed by atoms with Gasteiger partial charge in [0.05, 0.1) is 18.5 Å². The highest BCUT2D eigenvalue weighted by atomic mass is 16.3. The van der Waals surface area contributed by atoms with Crippen molar-refractivity contribution in [1.29, 1.82) is 0 Å². The van der Waals surface area contributed by atoms with Gasteiger partial charge >= 0.3 is 0 Å². The van der Waals surface area contributed by atoms with Gasteiger partial charge in [-0.15, -0.1) is 0 Å². The number of nitrogens with zero attached hydrogens (tertiary/aromatic N) is 4. The van der Waals surface area contributed by atoms with Crippen molar-refractivity contribution in [3.8, 4) is 0 Å². The first kappa shape index (κ1) is 19.0. The first-order chi connectivity index (χ1) is 13.7. The van der Waals surface area contributed by atoms with Crippen LogP contribution in [-0.2, 0) is 19.3 Å². The van der Waals surface area contributed by atoms with E-state index in [9.17, 15) is 4.79 Å². The van der Waals surface area contributed by atoms with E-state index in [1.165, 1.54) is 24.0 Å². The van der Waals surface area contributed by atoms with Crippen molar-refractivity contribution in [3.63, 3.8) is 0 Å². The van der Waals surface area contributed by atoms with Gasteiger partial charge in [0.2, 0.25) is 0 Å². The number of hydrogen-bond donors (Lipinski definition) is 1. The molecule has 6 nitrogen and oxygen atoms in total. The van der Waals surface area contributed by atoms with Gasteiger partial charge in [-0.3, -0.25) is 9.69 Å². The molecular formula is C22H28N4O2. The number of benzene rings is 1. The molecule has 1 aliphatic carbocycles. The Hall–Kier alpha value is -2.31. The molecule has 1 aliphatic heterocycles. The number of aliphatic hydroxyl groups is 1. The molecule has 1 amide bonds. The van der Waals surface area contributed by atoms with Crippen molar-refractivity contribution in [2.45, 2.75) is 32.1 Å². The summed E-state index contributed by atoms with van der Waals surface area (Å²) in [4.78, 5) is 17.0. The molecule has 1 aromatic heterocycles. The molecule has 0 bridgehead atoms. The molecular weight excluding hydrogens is 352 g/mol. The molecule has 1 saturated heterocycles. The Morgan fingerprint density at radius 2 is 1.93 bits per heavy atom. The minimum absolute atomic E-state index is 0.0895. The van der Waals surface area contributed by atoms with Crippen molar-refractivity contribution in [3.05, 3.63) is 58.4 Å². The van der Waals surface area contributed by atoms with E-state index in [4.69, 9.17) is 5.11 Å². The Bertz CT molecular complexity index is 831. The normalized spacial score (nSPS) is 17.4. The van der Waals surface area contributed by atoms with Crippen molar-refractivity contribution in [2.24, 2.45) is 0 Å². The molecule has 2 heterocycles. The number of carbonyl (C=O) groups is 1. The Morgan fingerprint density at radius 3 is 2.75 bits per heavy atom. The van der Waals surface area contributed by atoms with Crippen molar-refractivity contribution in [2.75, 3.05) is 39.3 Å². The molecule has 1 fully saturated rings. The smallest absolute Gasteiger partial charge is 0.253 e. The first-order valence-corrected chi connectivity index (χ1v) is 10.3. The van der Waals surface area contributed by atoms with E-state index in [0.29, 0.717) is 19.6 Å². The average molecular weight is 380 g/mol. The quantitative estimate of drug-likeness (QED) is 0.855. The molecule has 6 heteroatoms. The lowest BCUT2D eigenvalue weighted by molar-refractivity contribution is 0.0615. The van der Waals surface area contributed by atoms with Gasteiger partial charge in [-0.2, -0.15) is 10.2 Å². The molecule has 2 aliphatic rings. The summed E-state index contributed by atoms with van der Waals surface area (Å²) in [5, 5.41) is 17.7. The number of amides is 1. The zero-order chi connectivity index (χ0) is 19.3. The van der Waals surface area contributed by atoms with E-state index >= 15 is 0 Å². The van der Waals surface area contributed by atoms with Crippen LogP contribution in [0.2, 0.25) is 0 Å². The van der Waals surface area contributed by atoms with Gasteiger partial charge in [0.1, 0.15) is 0 Å². The number of fused-ring (bicyclic) bond motifs is 1. The maximum atomic E-state index is 12.9. The van der Waals surface area contributed by atoms with Gasteiger partial charge in [-0.25, -0.2) is 0 Å². The number of β-amino-alcohol motifs (C(OH)–C–C–N with tert-alkyl or cyclic N) is 1. The zero-order valence-corrected chi connectivity index (χ0v) is 16.3. The van der Waals surface area contributed by atoms with Crippen LogP contribution in [0.15, 0.2) is 30.5 Å². The Morgan fingerprint density at radius 1 is 1.11 bits per heavy atom. The Balaban J connectivity index is 1.46. The van der Waals surface area contributed by atoms with Crippen LogP contribution < -0.4 is 0 Å². The fourth-order valence-electron chi connectivity index (χ4n) is 4.28. The summed E-state index contributed by atoms with van der Waals surface area (Å²) < 4.78 is 0. The predicted octanol–water partition coefficient (Wildman–Crippen LogP) is 1.70. The number of aryl methyl sites for hydroxylation is 1. The second-order valence-corrected chi connectivity index (χ2v) is 7.74. The third kappa shape index (κ3) is 4.23. The number of piperazine rings is 1. The van der Waals surface area contributed by atoms with Crippen LogP contribution in [0.5, 0.6) is 0 Å². The fraction of sp³-hybridized carbons (Fsp3) is 0.500. The molecule has 2 aromatic rings. The molecule has 0 saturated carbocycles. The Kier molecular flexibility index (Phi) is 5.98. The van der Waals surface area contributed by atoms with Crippen molar-refractivity contribution in [1.82, 2.24) is 20.0 Å². The second kappa shape index (κ2) is 8.80. The predicted molar refractivity (Wildman–Crippen MR) is 107 cm³/mol. The van der Waals surface area contributed by atoms with Gasteiger partial charge in [-0.05, 0) is 54.5 Å². The van der Waals surface area contributed by atoms with Gasteiger partial charge in [-0.1, -0.05) is 12.1 Å². The molecule has 1 N–H and O–H groups in total. The minimum atomic E-state index is 0.0895. The Labute approximate surface area is 166 Å². The SMILES string of the molecule is O=C(c1cccc(Cc2nncc3c2CCCC3)c1)N1CCN(CCO)CC1. The number of hydrogen-bond acceptors (Lipinski definition) is 5. The van der Waals surface area contributed by atoms with Crippen LogP contribution in [0.25, 0.3) is 0 Å². The highest BCUT2D eigenvalue weighted by Gasteiger charge is 2.22. The van der Waals surface area contributed by atoms with Gasteiger partial charge in [0.15, 0.2) is 0 Å². The third-order valence-corrected chi connectivity index (χ3v) is 5.87. The first-order valence-electron chi connectivity index (χ1n) is 10.3. The third-order valence-electron chi connectivity index (χ3n) is 5.87. The van der Waals surface area contributed by atoms with Crippen LogP contribution in [-0.4, -0.2) is 70.3 Å². The largest absolute Gasteiger partial charge is 0.395 e. The molecule has 148 valence electrons. The lowest BCUT2D eigenvalue weighted by atomic mass is 9.90. The second-order valence-electron chi connectivity index (χ2n) is 7.74. The summed E-state index contributed by atoms with van der Waals surface area (Å²) in [7, 11) is 0. The molecule has 0 atom stereocenters. The summed E-state index contributed by atoms with van der Waals surface area (Å²) in [6.07, 6.45) is 7.26. The van der Waals surface area contributed by atoms with Gasteiger partial charge in [0.25, 0.3) is 5.91 Å². The standard InChI is InChI=1S/C22H28N4O2/c27-13-12-25-8-10-26(11-9-25)22(28)18-6-3-4-17(14-18)15-21-20-7-2-1-5-19(20)16-23-24-21/h3-4,6,14,16,27H,1-2,5,7-13,15H2. The van der Waals surface area contributed by atoms with Crippen LogP contribution in [0.1, 0.15) is 45.6 Å². The molecule has 0 spiro atoms. The summed E-state index contributed by atoms with van der Waals surface area (Å²) in [5.41, 5.74) is 5.60. The van der Waals surface area contributed by atoms with Crippen LogP contribution in [0.4, 0.5) is 0 Å². The summed E-state index contributed by atoms with van der Waals surface area (Å²) >= 11 is 0. The highest BCUT2D eigenvalue weighted by Crippen LogP contribution is 2.24. The number of aliphatic hydroxyl groups excluding tert-OH is 1. The van der Waals surface area contributed by atoms with Crippen molar-refractivity contribution < 1.29 is 9.90 Å². The molecule has 0 unspecified atom stereocenters. The summed E-state index contributed by atoms with van der Waals surface area (Å²) in [6.45, 7) is 3.90. The minimum Gasteiger partial charge on any atom is -0.395 e. The van der Waals surface area contributed by atoms with Gasteiger partial charge in [0, 0.05) is 44.7 Å². The maximum Gasteiger partial charge on any atom is 0.253 e.